The van der Waals surface area contributed by atoms with E-state index in [-0.39, 0.29) is 11.3 Å². The fourth-order valence-corrected chi connectivity index (χ4v) is 3.20. The van der Waals surface area contributed by atoms with E-state index in [1.807, 2.05) is 24.3 Å². The van der Waals surface area contributed by atoms with Crippen LogP contribution < -0.4 is 11.5 Å². The van der Waals surface area contributed by atoms with E-state index in [4.69, 9.17) is 11.5 Å². The molecule has 0 spiro atoms. The molecular formula is C18H17BrN4O2. The van der Waals surface area contributed by atoms with Crippen LogP contribution in [-0.2, 0) is 5.41 Å². The molecule has 0 unspecified atom stereocenters. The smallest absolute Gasteiger partial charge is 0.280 e. The van der Waals surface area contributed by atoms with Gasteiger partial charge in [0.15, 0.2) is 0 Å². The predicted octanol–water partition coefficient (Wildman–Crippen LogP) is 2.56. The Balaban J connectivity index is 1.87. The summed E-state index contributed by atoms with van der Waals surface area (Å²) >= 11 is 3.42. The molecule has 1 aliphatic carbocycles. The second-order valence-electron chi connectivity index (χ2n) is 6.04. The lowest BCUT2D eigenvalue weighted by Gasteiger charge is -2.41. The lowest BCUT2D eigenvalue weighted by molar-refractivity contribution is 0.0984. The van der Waals surface area contributed by atoms with E-state index < -0.39 is 17.2 Å². The summed E-state index contributed by atoms with van der Waals surface area (Å²) in [7, 11) is 0. The molecule has 0 radical (unpaired) electrons. The van der Waals surface area contributed by atoms with Crippen LogP contribution in [0.3, 0.4) is 0 Å². The third-order valence-corrected chi connectivity index (χ3v) is 5.11. The fourth-order valence-electron chi connectivity index (χ4n) is 2.94. The van der Waals surface area contributed by atoms with Crippen molar-refractivity contribution in [2.24, 2.45) is 16.5 Å². The van der Waals surface area contributed by atoms with Crippen molar-refractivity contribution >= 4 is 33.6 Å². The van der Waals surface area contributed by atoms with Gasteiger partial charge in [-0.15, -0.1) is 0 Å². The minimum absolute atomic E-state index is 0.0961. The van der Waals surface area contributed by atoms with E-state index in [0.29, 0.717) is 5.84 Å². The summed E-state index contributed by atoms with van der Waals surface area (Å²) < 4.78 is 0.984. The quantitative estimate of drug-likeness (QED) is 0.606. The van der Waals surface area contributed by atoms with Crippen LogP contribution in [0.2, 0.25) is 0 Å². The van der Waals surface area contributed by atoms with E-state index in [0.717, 1.165) is 29.3 Å². The average Bonchev–Trinajstić information content (AvgIpc) is 2.55. The first-order valence-corrected chi connectivity index (χ1v) is 8.62. The van der Waals surface area contributed by atoms with Crippen molar-refractivity contribution in [3.8, 4) is 0 Å². The van der Waals surface area contributed by atoms with Crippen LogP contribution in [0.1, 0.15) is 45.7 Å². The molecule has 1 heterocycles. The van der Waals surface area contributed by atoms with E-state index >= 15 is 0 Å². The number of halogens is 1. The number of benzene rings is 1. The summed E-state index contributed by atoms with van der Waals surface area (Å²) in [6, 6.07) is 10.8. The molecule has 4 N–H and O–H groups in total. The standard InChI is InChI=1S/C18H17BrN4O2/c19-13-5-3-12(4-6-13)18(8-1-9-18)17(21)23-16(25)11-2-7-14(15(20)24)22-10-11/h2-7,10H,1,8-9H2,(H2,20,24)(H2,21,23,25). The molecule has 128 valence electrons. The summed E-state index contributed by atoms with van der Waals surface area (Å²) in [6.07, 6.45) is 4.04. The van der Waals surface area contributed by atoms with E-state index in [9.17, 15) is 9.59 Å². The van der Waals surface area contributed by atoms with Crippen molar-refractivity contribution in [2.75, 3.05) is 0 Å². The molecule has 1 aromatic carbocycles. The number of hydrogen-bond donors (Lipinski definition) is 2. The molecule has 0 bridgehead atoms. The highest BCUT2D eigenvalue weighted by Crippen LogP contribution is 2.44. The maximum Gasteiger partial charge on any atom is 0.280 e. The second-order valence-corrected chi connectivity index (χ2v) is 6.96. The molecule has 3 rings (SSSR count). The molecule has 1 aromatic heterocycles. The van der Waals surface area contributed by atoms with Gasteiger partial charge in [0.05, 0.1) is 11.0 Å². The highest BCUT2D eigenvalue weighted by Gasteiger charge is 2.42. The zero-order chi connectivity index (χ0) is 18.0. The highest BCUT2D eigenvalue weighted by molar-refractivity contribution is 9.10. The van der Waals surface area contributed by atoms with Gasteiger partial charge in [0, 0.05) is 10.7 Å². The molecular weight excluding hydrogens is 384 g/mol. The number of hydrogen-bond acceptors (Lipinski definition) is 3. The van der Waals surface area contributed by atoms with Gasteiger partial charge < -0.3 is 11.5 Å². The first-order chi connectivity index (χ1) is 11.9. The molecule has 6 nitrogen and oxygen atoms in total. The van der Waals surface area contributed by atoms with Crippen LogP contribution in [0, 0.1) is 0 Å². The molecule has 1 aliphatic rings. The topological polar surface area (TPSA) is 111 Å². The second kappa shape index (κ2) is 6.76. The van der Waals surface area contributed by atoms with Crippen LogP contribution in [0.25, 0.3) is 0 Å². The van der Waals surface area contributed by atoms with Crippen LogP contribution in [0.15, 0.2) is 52.1 Å². The summed E-state index contributed by atoms with van der Waals surface area (Å²) in [4.78, 5) is 31.4. The Morgan fingerprint density at radius 2 is 1.76 bits per heavy atom. The largest absolute Gasteiger partial charge is 0.386 e. The van der Waals surface area contributed by atoms with Crippen LogP contribution in [0.5, 0.6) is 0 Å². The number of carbonyl (C=O) groups excluding carboxylic acids is 2. The van der Waals surface area contributed by atoms with E-state index in [2.05, 4.69) is 25.9 Å². The van der Waals surface area contributed by atoms with Crippen molar-refractivity contribution in [1.29, 1.82) is 0 Å². The number of amides is 2. The number of aliphatic imine (C=N–C) groups is 1. The van der Waals surface area contributed by atoms with Gasteiger partial charge in [0.2, 0.25) is 0 Å². The highest BCUT2D eigenvalue weighted by atomic mass is 79.9. The Bertz CT molecular complexity index is 840. The van der Waals surface area contributed by atoms with Gasteiger partial charge in [0.25, 0.3) is 11.8 Å². The minimum atomic E-state index is -0.648. The SMILES string of the molecule is NC(=O)c1ccc(C(=O)N=C(N)C2(c3ccc(Br)cc3)CCC2)cn1. The lowest BCUT2D eigenvalue weighted by atomic mass is 9.63. The molecule has 2 aromatic rings. The van der Waals surface area contributed by atoms with Gasteiger partial charge in [-0.1, -0.05) is 34.5 Å². The van der Waals surface area contributed by atoms with Crippen molar-refractivity contribution in [3.05, 3.63) is 63.9 Å². The number of aromatic nitrogens is 1. The molecule has 7 heteroatoms. The number of amidine groups is 1. The Labute approximate surface area is 153 Å². The Kier molecular flexibility index (Phi) is 4.67. The van der Waals surface area contributed by atoms with E-state index in [1.165, 1.54) is 18.3 Å². The third kappa shape index (κ3) is 3.32. The molecule has 0 aliphatic heterocycles. The minimum Gasteiger partial charge on any atom is -0.386 e. The van der Waals surface area contributed by atoms with Gasteiger partial charge in [-0.25, -0.2) is 0 Å². The zero-order valence-electron chi connectivity index (χ0n) is 13.4. The summed E-state index contributed by atoms with van der Waals surface area (Å²) in [6.45, 7) is 0. The molecule has 2 amide bonds. The number of rotatable bonds is 4. The van der Waals surface area contributed by atoms with Crippen molar-refractivity contribution in [3.63, 3.8) is 0 Å². The molecule has 25 heavy (non-hydrogen) atoms. The van der Waals surface area contributed by atoms with Crippen LogP contribution in [-0.4, -0.2) is 22.6 Å². The summed E-state index contributed by atoms with van der Waals surface area (Å²) in [5.74, 6) is -0.819. The van der Waals surface area contributed by atoms with Gasteiger partial charge >= 0.3 is 0 Å². The zero-order valence-corrected chi connectivity index (χ0v) is 15.0. The van der Waals surface area contributed by atoms with Gasteiger partial charge in [-0.05, 0) is 42.7 Å². The van der Waals surface area contributed by atoms with Crippen molar-refractivity contribution < 1.29 is 9.59 Å². The number of pyridine rings is 1. The lowest BCUT2D eigenvalue weighted by Crippen LogP contribution is -2.47. The normalized spacial score (nSPS) is 16.1. The number of carbonyl (C=O) groups is 2. The predicted molar refractivity (Wildman–Crippen MR) is 98.4 cm³/mol. The monoisotopic (exact) mass is 400 g/mol. The van der Waals surface area contributed by atoms with Crippen molar-refractivity contribution in [1.82, 2.24) is 4.98 Å². The van der Waals surface area contributed by atoms with Gasteiger partial charge in [-0.3, -0.25) is 14.6 Å². The molecule has 0 saturated heterocycles. The Morgan fingerprint density at radius 3 is 2.24 bits per heavy atom. The number of nitrogens with two attached hydrogens (primary N) is 2. The average molecular weight is 401 g/mol. The van der Waals surface area contributed by atoms with E-state index in [1.54, 1.807) is 0 Å². The Morgan fingerprint density at radius 1 is 1.08 bits per heavy atom. The maximum absolute atomic E-state index is 12.4. The van der Waals surface area contributed by atoms with Gasteiger partial charge in [0.1, 0.15) is 11.5 Å². The molecule has 1 fully saturated rings. The van der Waals surface area contributed by atoms with Crippen LogP contribution in [0.4, 0.5) is 0 Å². The molecule has 1 saturated carbocycles. The third-order valence-electron chi connectivity index (χ3n) is 4.58. The summed E-state index contributed by atoms with van der Waals surface area (Å²) in [5.41, 5.74) is 12.4. The number of primary amides is 1. The first kappa shape index (κ1) is 17.3. The number of nitrogens with zero attached hydrogens (tertiary/aromatic N) is 2. The first-order valence-electron chi connectivity index (χ1n) is 7.83. The molecule has 0 atom stereocenters. The van der Waals surface area contributed by atoms with Crippen molar-refractivity contribution in [2.45, 2.75) is 24.7 Å². The fraction of sp³-hybridized carbons (Fsp3) is 0.222. The Hall–Kier alpha value is -2.54. The summed E-state index contributed by atoms with van der Waals surface area (Å²) in [5, 5.41) is 0. The maximum atomic E-state index is 12.4. The van der Waals surface area contributed by atoms with Gasteiger partial charge in [-0.2, -0.15) is 4.99 Å². The van der Waals surface area contributed by atoms with Crippen LogP contribution >= 0.6 is 15.9 Å².